The van der Waals surface area contributed by atoms with Crippen molar-refractivity contribution >= 4 is 11.6 Å². The van der Waals surface area contributed by atoms with Gasteiger partial charge in [0.25, 0.3) is 5.91 Å². The number of carbonyl (C=O) groups excluding carboxylic acids is 1. The van der Waals surface area contributed by atoms with Crippen molar-refractivity contribution in [1.29, 1.82) is 0 Å². The van der Waals surface area contributed by atoms with E-state index < -0.39 is 0 Å². The zero-order valence-electron chi connectivity index (χ0n) is 10.3. The van der Waals surface area contributed by atoms with Crippen LogP contribution in [0.3, 0.4) is 0 Å². The predicted octanol–water partition coefficient (Wildman–Crippen LogP) is 2.65. The van der Waals surface area contributed by atoms with E-state index in [1.54, 1.807) is 12.3 Å². The number of hydrogen-bond acceptors (Lipinski definition) is 3. The molecule has 0 atom stereocenters. The Bertz CT molecular complexity index is 553. The molecule has 0 aliphatic rings. The molecule has 1 amide bonds. The van der Waals surface area contributed by atoms with Gasteiger partial charge in [0.2, 0.25) is 5.88 Å². The Morgan fingerprint density at radius 3 is 2.61 bits per heavy atom. The van der Waals surface area contributed by atoms with Gasteiger partial charge in [0, 0.05) is 23.0 Å². The minimum absolute atomic E-state index is 0.167. The first-order valence-electron chi connectivity index (χ1n) is 5.58. The summed E-state index contributed by atoms with van der Waals surface area (Å²) in [5, 5.41) is 2.83. The number of carbonyl (C=O) groups is 1. The lowest BCUT2D eigenvalue weighted by atomic mass is 10.1. The van der Waals surface area contributed by atoms with Crippen molar-refractivity contribution in [2.24, 2.45) is 0 Å². The van der Waals surface area contributed by atoms with Crippen LogP contribution in [0.1, 0.15) is 15.9 Å². The molecule has 0 fully saturated rings. The third kappa shape index (κ3) is 2.48. The van der Waals surface area contributed by atoms with E-state index in [1.165, 1.54) is 7.11 Å². The van der Waals surface area contributed by atoms with Crippen molar-refractivity contribution in [2.75, 3.05) is 12.4 Å². The summed E-state index contributed by atoms with van der Waals surface area (Å²) in [6.07, 6.45) is 1.56. The van der Waals surface area contributed by atoms with Crippen LogP contribution in [-0.4, -0.2) is 18.0 Å². The van der Waals surface area contributed by atoms with E-state index >= 15 is 0 Å². The molecule has 18 heavy (non-hydrogen) atoms. The second kappa shape index (κ2) is 5.31. The van der Waals surface area contributed by atoms with Gasteiger partial charge in [0.15, 0.2) is 0 Å². The second-order valence-corrected chi connectivity index (χ2v) is 3.81. The van der Waals surface area contributed by atoms with Gasteiger partial charge in [-0.25, -0.2) is 4.98 Å². The van der Waals surface area contributed by atoms with Crippen LogP contribution in [0.2, 0.25) is 0 Å². The lowest BCUT2D eigenvalue weighted by Gasteiger charge is -2.09. The zero-order valence-corrected chi connectivity index (χ0v) is 10.3. The maximum atomic E-state index is 12.1. The molecular formula is C14H14N2O2. The van der Waals surface area contributed by atoms with Crippen molar-refractivity contribution in [3.63, 3.8) is 0 Å². The Kier molecular flexibility index (Phi) is 3.57. The second-order valence-electron chi connectivity index (χ2n) is 3.81. The fourth-order valence-corrected chi connectivity index (χ4v) is 1.69. The number of anilines is 1. The van der Waals surface area contributed by atoms with E-state index in [0.717, 1.165) is 11.3 Å². The van der Waals surface area contributed by atoms with E-state index in [1.807, 2.05) is 37.3 Å². The lowest BCUT2D eigenvalue weighted by Crippen LogP contribution is -2.14. The summed E-state index contributed by atoms with van der Waals surface area (Å²) in [5.74, 6) is 0.301. The molecule has 0 saturated carbocycles. The Balaban J connectivity index is 2.24. The maximum Gasteiger partial charge on any atom is 0.256 e. The van der Waals surface area contributed by atoms with Gasteiger partial charge >= 0.3 is 0 Å². The van der Waals surface area contributed by atoms with Crippen LogP contribution >= 0.6 is 0 Å². The van der Waals surface area contributed by atoms with Gasteiger partial charge in [-0.1, -0.05) is 18.2 Å². The molecule has 0 aliphatic heterocycles. The number of aromatic nitrogens is 1. The molecule has 2 aromatic rings. The molecule has 1 aromatic heterocycles. The van der Waals surface area contributed by atoms with Crippen LogP contribution in [-0.2, 0) is 0 Å². The number of amides is 1. The zero-order chi connectivity index (χ0) is 13.0. The highest BCUT2D eigenvalue weighted by atomic mass is 16.5. The minimum Gasteiger partial charge on any atom is -0.481 e. The monoisotopic (exact) mass is 242 g/mol. The number of nitrogens with zero attached hydrogens (tertiary/aromatic N) is 1. The Morgan fingerprint density at radius 2 is 1.94 bits per heavy atom. The molecule has 1 aromatic carbocycles. The number of methoxy groups -OCH3 is 1. The Morgan fingerprint density at radius 1 is 1.22 bits per heavy atom. The first kappa shape index (κ1) is 12.1. The summed E-state index contributed by atoms with van der Waals surface area (Å²) in [7, 11) is 1.54. The molecule has 4 heteroatoms. The third-order valence-corrected chi connectivity index (χ3v) is 2.63. The highest BCUT2D eigenvalue weighted by molar-refractivity contribution is 6.05. The van der Waals surface area contributed by atoms with Gasteiger partial charge in [-0.2, -0.15) is 0 Å². The number of para-hydroxylation sites is 1. The standard InChI is InChI=1S/C14H14N2O2/c1-10-12(8-9-15-14(10)18-2)13(17)16-11-6-4-3-5-7-11/h3-9H,1-2H3,(H,16,17). The number of hydrogen-bond donors (Lipinski definition) is 1. The molecule has 0 bridgehead atoms. The minimum atomic E-state index is -0.167. The molecule has 4 nitrogen and oxygen atoms in total. The smallest absolute Gasteiger partial charge is 0.256 e. The molecular weight excluding hydrogens is 228 g/mol. The molecule has 1 N–H and O–H groups in total. The van der Waals surface area contributed by atoms with Gasteiger partial charge in [-0.15, -0.1) is 0 Å². The summed E-state index contributed by atoms with van der Waals surface area (Å²) >= 11 is 0. The van der Waals surface area contributed by atoms with Gasteiger partial charge in [0.05, 0.1) is 7.11 Å². The summed E-state index contributed by atoms with van der Waals surface area (Å²) in [4.78, 5) is 16.2. The SMILES string of the molecule is COc1nccc(C(=O)Nc2ccccc2)c1C. The molecule has 0 unspecified atom stereocenters. The largest absolute Gasteiger partial charge is 0.481 e. The van der Waals surface area contributed by atoms with Crippen molar-refractivity contribution in [3.8, 4) is 5.88 Å². The van der Waals surface area contributed by atoms with Gasteiger partial charge in [-0.05, 0) is 25.1 Å². The first-order chi connectivity index (χ1) is 8.72. The number of pyridine rings is 1. The fraction of sp³-hybridized carbons (Fsp3) is 0.143. The normalized spacial score (nSPS) is 9.89. The van der Waals surface area contributed by atoms with E-state index in [0.29, 0.717) is 11.4 Å². The van der Waals surface area contributed by atoms with E-state index in [-0.39, 0.29) is 5.91 Å². The summed E-state index contributed by atoms with van der Waals surface area (Å²) in [6.45, 7) is 1.81. The molecule has 0 spiro atoms. The molecule has 1 heterocycles. The first-order valence-corrected chi connectivity index (χ1v) is 5.58. The van der Waals surface area contributed by atoms with Gasteiger partial charge in [0.1, 0.15) is 0 Å². The lowest BCUT2D eigenvalue weighted by molar-refractivity contribution is 0.102. The van der Waals surface area contributed by atoms with Crippen LogP contribution in [0.5, 0.6) is 5.88 Å². The van der Waals surface area contributed by atoms with Crippen LogP contribution in [0, 0.1) is 6.92 Å². The number of benzene rings is 1. The summed E-state index contributed by atoms with van der Waals surface area (Å²) in [6, 6.07) is 11.0. The van der Waals surface area contributed by atoms with E-state index in [9.17, 15) is 4.79 Å². The van der Waals surface area contributed by atoms with Gasteiger partial charge < -0.3 is 10.1 Å². The van der Waals surface area contributed by atoms with Crippen LogP contribution < -0.4 is 10.1 Å². The predicted molar refractivity (Wildman–Crippen MR) is 69.9 cm³/mol. The van der Waals surface area contributed by atoms with Crippen molar-refractivity contribution in [1.82, 2.24) is 4.98 Å². The Hall–Kier alpha value is -2.36. The van der Waals surface area contributed by atoms with E-state index in [2.05, 4.69) is 10.3 Å². The average Bonchev–Trinajstić information content (AvgIpc) is 2.40. The van der Waals surface area contributed by atoms with Crippen LogP contribution in [0.25, 0.3) is 0 Å². The highest BCUT2D eigenvalue weighted by Gasteiger charge is 2.12. The molecule has 0 saturated heterocycles. The molecule has 0 radical (unpaired) electrons. The maximum absolute atomic E-state index is 12.1. The quantitative estimate of drug-likeness (QED) is 0.900. The van der Waals surface area contributed by atoms with Crippen LogP contribution in [0.15, 0.2) is 42.6 Å². The number of nitrogens with one attached hydrogen (secondary N) is 1. The van der Waals surface area contributed by atoms with Crippen molar-refractivity contribution < 1.29 is 9.53 Å². The summed E-state index contributed by atoms with van der Waals surface area (Å²) < 4.78 is 5.09. The number of ether oxygens (including phenoxy) is 1. The van der Waals surface area contributed by atoms with Crippen LogP contribution in [0.4, 0.5) is 5.69 Å². The summed E-state index contributed by atoms with van der Waals surface area (Å²) in [5.41, 5.74) is 2.05. The number of rotatable bonds is 3. The topological polar surface area (TPSA) is 51.2 Å². The molecule has 92 valence electrons. The molecule has 0 aliphatic carbocycles. The average molecular weight is 242 g/mol. The third-order valence-electron chi connectivity index (χ3n) is 2.63. The molecule has 2 rings (SSSR count). The van der Waals surface area contributed by atoms with Crippen molar-refractivity contribution in [2.45, 2.75) is 6.92 Å². The van der Waals surface area contributed by atoms with Crippen molar-refractivity contribution in [3.05, 3.63) is 53.7 Å². The fourth-order valence-electron chi connectivity index (χ4n) is 1.69. The van der Waals surface area contributed by atoms with E-state index in [4.69, 9.17) is 4.74 Å². The van der Waals surface area contributed by atoms with Gasteiger partial charge in [-0.3, -0.25) is 4.79 Å². The highest BCUT2D eigenvalue weighted by Crippen LogP contribution is 2.19. The Labute approximate surface area is 106 Å².